The van der Waals surface area contributed by atoms with Crippen molar-refractivity contribution in [2.45, 2.75) is 13.8 Å². The maximum absolute atomic E-state index is 12.2. The Balaban J connectivity index is 2.55. The van der Waals surface area contributed by atoms with E-state index < -0.39 is 5.97 Å². The van der Waals surface area contributed by atoms with Crippen LogP contribution in [-0.4, -0.2) is 39.9 Å². The van der Waals surface area contributed by atoms with Crippen LogP contribution in [0.3, 0.4) is 0 Å². The average molecular weight is 468 g/mol. The molecule has 0 amide bonds. The van der Waals surface area contributed by atoms with Gasteiger partial charge in [-0.15, -0.1) is 0 Å². The second-order valence-corrected chi connectivity index (χ2v) is 6.77. The number of carbonyl (C=O) groups is 1. The fourth-order valence-corrected chi connectivity index (χ4v) is 2.99. The topological polar surface area (TPSA) is 89.2 Å². The SMILES string of the molecule is CCOCOc1c(Cl)cc(Cl)cc1C#Cc1c(N)ccc(C(=O)OC)c1OCOCC. The van der Waals surface area contributed by atoms with Crippen molar-refractivity contribution in [3.05, 3.63) is 51.0 Å². The number of halogens is 2. The number of anilines is 1. The van der Waals surface area contributed by atoms with E-state index in [1.165, 1.54) is 13.2 Å². The number of hydrogen-bond donors (Lipinski definition) is 1. The number of nitrogen functional groups attached to an aromatic ring is 1. The van der Waals surface area contributed by atoms with Crippen LogP contribution in [0.2, 0.25) is 10.0 Å². The zero-order valence-electron chi connectivity index (χ0n) is 17.4. The van der Waals surface area contributed by atoms with Crippen molar-refractivity contribution in [1.82, 2.24) is 0 Å². The summed E-state index contributed by atoms with van der Waals surface area (Å²) in [5.41, 5.74) is 7.28. The Morgan fingerprint density at radius 2 is 1.65 bits per heavy atom. The minimum absolute atomic E-state index is 0.00475. The molecule has 2 aromatic carbocycles. The summed E-state index contributed by atoms with van der Waals surface area (Å²) in [6.45, 7) is 4.47. The number of benzene rings is 2. The molecule has 0 radical (unpaired) electrons. The Morgan fingerprint density at radius 1 is 1.00 bits per heavy atom. The summed E-state index contributed by atoms with van der Waals surface area (Å²) in [4.78, 5) is 12.2. The van der Waals surface area contributed by atoms with Gasteiger partial charge in [0.1, 0.15) is 5.56 Å². The lowest BCUT2D eigenvalue weighted by molar-refractivity contribution is 0.0208. The first-order valence-corrected chi connectivity index (χ1v) is 10.1. The Labute approximate surface area is 191 Å². The normalized spacial score (nSPS) is 10.2. The quantitative estimate of drug-likeness (QED) is 0.191. The lowest BCUT2D eigenvalue weighted by atomic mass is 10.1. The molecule has 0 unspecified atom stereocenters. The van der Waals surface area contributed by atoms with Crippen LogP contribution in [0.5, 0.6) is 11.5 Å². The number of ether oxygens (including phenoxy) is 5. The summed E-state index contributed by atoms with van der Waals surface area (Å²) in [5.74, 6) is 5.74. The first-order valence-electron chi connectivity index (χ1n) is 9.35. The van der Waals surface area contributed by atoms with Gasteiger partial charge in [-0.3, -0.25) is 0 Å². The highest BCUT2D eigenvalue weighted by Crippen LogP contribution is 2.33. The van der Waals surface area contributed by atoms with Crippen molar-refractivity contribution in [3.63, 3.8) is 0 Å². The molecule has 2 aromatic rings. The first-order chi connectivity index (χ1) is 14.9. The maximum atomic E-state index is 12.2. The van der Waals surface area contributed by atoms with Crippen molar-refractivity contribution >= 4 is 34.9 Å². The third kappa shape index (κ3) is 6.68. The highest BCUT2D eigenvalue weighted by Gasteiger charge is 2.19. The fraction of sp³-hybridized carbons (Fsp3) is 0.318. The van der Waals surface area contributed by atoms with Crippen LogP contribution in [0, 0.1) is 11.8 Å². The monoisotopic (exact) mass is 467 g/mol. The molecule has 2 N–H and O–H groups in total. The molecule has 0 bridgehead atoms. The molecule has 0 heterocycles. The largest absolute Gasteiger partial charge is 0.465 e. The van der Waals surface area contributed by atoms with E-state index in [-0.39, 0.29) is 35.5 Å². The molecule has 31 heavy (non-hydrogen) atoms. The molecular formula is C22H23Cl2NO6. The van der Waals surface area contributed by atoms with Gasteiger partial charge in [-0.2, -0.15) is 0 Å². The van der Waals surface area contributed by atoms with Crippen LogP contribution >= 0.6 is 23.2 Å². The molecule has 0 aliphatic rings. The highest BCUT2D eigenvalue weighted by molar-refractivity contribution is 6.35. The van der Waals surface area contributed by atoms with Gasteiger partial charge < -0.3 is 29.4 Å². The van der Waals surface area contributed by atoms with Crippen molar-refractivity contribution in [1.29, 1.82) is 0 Å². The van der Waals surface area contributed by atoms with E-state index in [4.69, 9.17) is 52.6 Å². The molecule has 0 saturated heterocycles. The molecule has 0 aliphatic carbocycles. The van der Waals surface area contributed by atoms with Gasteiger partial charge in [0.2, 0.25) is 0 Å². The minimum Gasteiger partial charge on any atom is -0.465 e. The van der Waals surface area contributed by atoms with Gasteiger partial charge in [-0.25, -0.2) is 4.79 Å². The Morgan fingerprint density at radius 3 is 2.26 bits per heavy atom. The third-order valence-electron chi connectivity index (χ3n) is 3.91. The van der Waals surface area contributed by atoms with Crippen molar-refractivity contribution in [2.24, 2.45) is 0 Å². The van der Waals surface area contributed by atoms with E-state index in [0.29, 0.717) is 35.2 Å². The zero-order valence-corrected chi connectivity index (χ0v) is 18.9. The standard InChI is InChI=1S/C22H23Cl2NO6/c1-4-28-12-30-20-14(10-15(23)11-18(20)24)6-7-16-19(25)9-8-17(22(26)27-3)21(16)31-13-29-5-2/h8-11H,4-5,12-13,25H2,1-3H3. The molecule has 0 spiro atoms. The second kappa shape index (κ2) is 12.3. The fourth-order valence-electron chi connectivity index (χ4n) is 2.45. The van der Waals surface area contributed by atoms with Gasteiger partial charge in [0.05, 0.1) is 28.9 Å². The summed E-state index contributed by atoms with van der Waals surface area (Å²) in [5, 5.41) is 0.655. The number of esters is 1. The summed E-state index contributed by atoms with van der Waals surface area (Å²) < 4.78 is 26.5. The van der Waals surface area contributed by atoms with Gasteiger partial charge in [0, 0.05) is 18.2 Å². The number of rotatable bonds is 9. The number of hydrogen-bond acceptors (Lipinski definition) is 7. The number of methoxy groups -OCH3 is 1. The predicted molar refractivity (Wildman–Crippen MR) is 119 cm³/mol. The van der Waals surface area contributed by atoms with Gasteiger partial charge in [0.15, 0.2) is 25.1 Å². The van der Waals surface area contributed by atoms with Gasteiger partial charge in [-0.05, 0) is 38.1 Å². The van der Waals surface area contributed by atoms with Crippen molar-refractivity contribution in [2.75, 3.05) is 39.6 Å². The maximum Gasteiger partial charge on any atom is 0.341 e. The summed E-state index contributed by atoms with van der Waals surface area (Å²) in [6, 6.07) is 6.18. The summed E-state index contributed by atoms with van der Waals surface area (Å²) in [6.07, 6.45) is 0. The molecule has 0 atom stereocenters. The molecule has 0 aliphatic heterocycles. The Hall–Kier alpha value is -2.63. The summed E-state index contributed by atoms with van der Waals surface area (Å²) in [7, 11) is 1.27. The average Bonchev–Trinajstić information content (AvgIpc) is 2.74. The predicted octanol–water partition coefficient (Wildman–Crippen LogP) is 4.51. The van der Waals surface area contributed by atoms with Crippen LogP contribution < -0.4 is 15.2 Å². The summed E-state index contributed by atoms with van der Waals surface area (Å²) >= 11 is 12.4. The Bertz CT molecular complexity index is 984. The van der Waals surface area contributed by atoms with E-state index in [1.807, 2.05) is 13.8 Å². The van der Waals surface area contributed by atoms with E-state index in [1.54, 1.807) is 18.2 Å². The highest BCUT2D eigenvalue weighted by atomic mass is 35.5. The van der Waals surface area contributed by atoms with Crippen LogP contribution in [-0.2, 0) is 14.2 Å². The molecule has 166 valence electrons. The number of nitrogens with two attached hydrogens (primary N) is 1. The van der Waals surface area contributed by atoms with E-state index in [9.17, 15) is 4.79 Å². The molecule has 0 saturated carbocycles. The van der Waals surface area contributed by atoms with Crippen LogP contribution in [0.25, 0.3) is 0 Å². The minimum atomic E-state index is -0.596. The van der Waals surface area contributed by atoms with Crippen molar-refractivity contribution in [3.8, 4) is 23.3 Å². The van der Waals surface area contributed by atoms with Gasteiger partial charge in [0.25, 0.3) is 0 Å². The van der Waals surface area contributed by atoms with E-state index in [2.05, 4.69) is 11.8 Å². The lowest BCUT2D eigenvalue weighted by Crippen LogP contribution is -2.11. The molecular weight excluding hydrogens is 445 g/mol. The molecule has 0 aromatic heterocycles. The first kappa shape index (κ1) is 24.6. The third-order valence-corrected chi connectivity index (χ3v) is 4.41. The van der Waals surface area contributed by atoms with Gasteiger partial charge in [-0.1, -0.05) is 35.0 Å². The smallest absolute Gasteiger partial charge is 0.341 e. The van der Waals surface area contributed by atoms with Gasteiger partial charge >= 0.3 is 5.97 Å². The number of carbonyl (C=O) groups excluding carboxylic acids is 1. The molecule has 7 nitrogen and oxygen atoms in total. The van der Waals surface area contributed by atoms with E-state index >= 15 is 0 Å². The van der Waals surface area contributed by atoms with Crippen LogP contribution in [0.1, 0.15) is 35.3 Å². The molecule has 0 fully saturated rings. The zero-order chi connectivity index (χ0) is 22.8. The lowest BCUT2D eigenvalue weighted by Gasteiger charge is -2.14. The van der Waals surface area contributed by atoms with Crippen molar-refractivity contribution < 1.29 is 28.5 Å². The van der Waals surface area contributed by atoms with E-state index in [0.717, 1.165) is 0 Å². The molecule has 9 heteroatoms. The molecule has 2 rings (SSSR count). The van der Waals surface area contributed by atoms with Crippen LogP contribution in [0.15, 0.2) is 24.3 Å². The second-order valence-electron chi connectivity index (χ2n) is 5.92. The Kier molecular flexibility index (Phi) is 9.76. The van der Waals surface area contributed by atoms with Crippen LogP contribution in [0.4, 0.5) is 5.69 Å².